The zero-order valence-electron chi connectivity index (χ0n) is 24.3. The van der Waals surface area contributed by atoms with E-state index in [1.807, 2.05) is 114 Å². The van der Waals surface area contributed by atoms with E-state index in [1.54, 1.807) is 36.4 Å². The number of benzene rings is 5. The maximum atomic E-state index is 14.6. The first kappa shape index (κ1) is 28.3. The van der Waals surface area contributed by atoms with Crippen LogP contribution in [0, 0.1) is 0 Å². The fourth-order valence-electron chi connectivity index (χ4n) is 5.18. The molecule has 5 aromatic carbocycles. The van der Waals surface area contributed by atoms with Crippen LogP contribution in [0.25, 0.3) is 16.6 Å². The van der Waals surface area contributed by atoms with E-state index in [1.165, 1.54) is 7.11 Å². The van der Waals surface area contributed by atoms with Crippen LogP contribution in [0.3, 0.4) is 0 Å². The van der Waals surface area contributed by atoms with Crippen molar-refractivity contribution >= 4 is 34.2 Å². The zero-order chi connectivity index (χ0) is 30.5. The van der Waals surface area contributed by atoms with Gasteiger partial charge in [0.1, 0.15) is 18.1 Å². The molecule has 1 amide bonds. The average molecular weight is 583 g/mol. The van der Waals surface area contributed by atoms with Crippen LogP contribution in [-0.4, -0.2) is 30.7 Å². The van der Waals surface area contributed by atoms with Gasteiger partial charge < -0.3 is 18.8 Å². The standard InChI is InChI=1S/C37H30N2O5/c1-42-30-21-22-32(37(41)43-2)35(23-30)38-24-33(31-15-9-10-16-34(31)38)36(40)39(27-13-7-4-8-14-27)28-17-19-29(20-18-28)44-25-26-11-5-3-6-12-26/h3-24H,25H2,1-2H3. The summed E-state index contributed by atoms with van der Waals surface area (Å²) in [6, 6.07) is 39.7. The molecule has 0 fully saturated rings. The van der Waals surface area contributed by atoms with Gasteiger partial charge in [-0.1, -0.05) is 66.7 Å². The van der Waals surface area contributed by atoms with Crippen molar-refractivity contribution in [3.63, 3.8) is 0 Å². The van der Waals surface area contributed by atoms with Crippen molar-refractivity contribution in [2.24, 2.45) is 0 Å². The third-order valence-electron chi connectivity index (χ3n) is 7.37. The van der Waals surface area contributed by atoms with E-state index >= 15 is 0 Å². The Morgan fingerprint density at radius 2 is 1.32 bits per heavy atom. The number of hydrogen-bond acceptors (Lipinski definition) is 5. The van der Waals surface area contributed by atoms with E-state index < -0.39 is 5.97 Å². The molecule has 0 saturated heterocycles. The van der Waals surface area contributed by atoms with Crippen LogP contribution < -0.4 is 14.4 Å². The number of ether oxygens (including phenoxy) is 3. The summed E-state index contributed by atoms with van der Waals surface area (Å²) < 4.78 is 18.4. The Labute approximate surface area is 255 Å². The number of methoxy groups -OCH3 is 2. The average Bonchev–Trinajstić information content (AvgIpc) is 3.48. The number of nitrogens with zero attached hydrogens (tertiary/aromatic N) is 2. The number of para-hydroxylation sites is 2. The molecule has 6 aromatic rings. The molecular weight excluding hydrogens is 552 g/mol. The van der Waals surface area contributed by atoms with Crippen molar-refractivity contribution in [3.05, 3.63) is 150 Å². The molecule has 0 saturated carbocycles. The summed E-state index contributed by atoms with van der Waals surface area (Å²) in [5.41, 5.74) is 4.57. The van der Waals surface area contributed by atoms with Gasteiger partial charge in [-0.15, -0.1) is 0 Å². The molecule has 6 rings (SSSR count). The number of carbonyl (C=O) groups is 2. The van der Waals surface area contributed by atoms with Crippen LogP contribution in [0.5, 0.6) is 11.5 Å². The van der Waals surface area contributed by atoms with Crippen molar-refractivity contribution in [2.45, 2.75) is 6.61 Å². The number of fused-ring (bicyclic) bond motifs is 1. The lowest BCUT2D eigenvalue weighted by Crippen LogP contribution is -2.25. The number of hydrogen-bond donors (Lipinski definition) is 0. The molecule has 0 aliphatic rings. The minimum absolute atomic E-state index is 0.230. The number of esters is 1. The predicted octanol–water partition coefficient (Wildman–Crippen LogP) is 7.98. The van der Waals surface area contributed by atoms with Gasteiger partial charge >= 0.3 is 5.97 Å². The minimum atomic E-state index is -0.492. The van der Waals surface area contributed by atoms with Gasteiger partial charge in [0.25, 0.3) is 5.91 Å². The van der Waals surface area contributed by atoms with Crippen molar-refractivity contribution in [3.8, 4) is 17.2 Å². The lowest BCUT2D eigenvalue weighted by molar-refractivity contribution is 0.0600. The van der Waals surface area contributed by atoms with Crippen LogP contribution in [0.2, 0.25) is 0 Å². The molecule has 0 N–H and O–H groups in total. The maximum Gasteiger partial charge on any atom is 0.339 e. The Bertz CT molecular complexity index is 1920. The van der Waals surface area contributed by atoms with E-state index in [2.05, 4.69) is 0 Å². The number of aromatic nitrogens is 1. The van der Waals surface area contributed by atoms with E-state index in [0.29, 0.717) is 46.3 Å². The predicted molar refractivity (Wildman–Crippen MR) is 171 cm³/mol. The first-order chi connectivity index (χ1) is 21.6. The van der Waals surface area contributed by atoms with Gasteiger partial charge in [0.2, 0.25) is 0 Å². The van der Waals surface area contributed by atoms with Gasteiger partial charge in [-0.25, -0.2) is 4.79 Å². The Balaban J connectivity index is 1.42. The largest absolute Gasteiger partial charge is 0.497 e. The van der Waals surface area contributed by atoms with Crippen molar-refractivity contribution < 1.29 is 23.8 Å². The molecule has 44 heavy (non-hydrogen) atoms. The highest BCUT2D eigenvalue weighted by atomic mass is 16.5. The summed E-state index contributed by atoms with van der Waals surface area (Å²) in [6.07, 6.45) is 1.77. The first-order valence-corrected chi connectivity index (χ1v) is 14.1. The maximum absolute atomic E-state index is 14.6. The molecule has 0 unspecified atom stereocenters. The third-order valence-corrected chi connectivity index (χ3v) is 7.37. The molecule has 0 atom stereocenters. The normalized spacial score (nSPS) is 10.8. The van der Waals surface area contributed by atoms with E-state index in [4.69, 9.17) is 14.2 Å². The second-order valence-corrected chi connectivity index (χ2v) is 10.0. The van der Waals surface area contributed by atoms with E-state index in [-0.39, 0.29) is 5.91 Å². The summed E-state index contributed by atoms with van der Waals surface area (Å²) in [4.78, 5) is 29.0. The summed E-state index contributed by atoms with van der Waals surface area (Å²) in [5, 5.41) is 0.736. The summed E-state index contributed by atoms with van der Waals surface area (Å²) >= 11 is 0. The van der Waals surface area contributed by atoms with Crippen LogP contribution >= 0.6 is 0 Å². The van der Waals surface area contributed by atoms with Gasteiger partial charge in [-0.2, -0.15) is 0 Å². The van der Waals surface area contributed by atoms with E-state index in [0.717, 1.165) is 16.5 Å². The summed E-state index contributed by atoms with van der Waals surface area (Å²) in [5.74, 6) is 0.544. The van der Waals surface area contributed by atoms with Gasteiger partial charge in [0, 0.05) is 29.0 Å². The SMILES string of the molecule is COC(=O)c1ccc(OC)cc1-n1cc(C(=O)N(c2ccccc2)c2ccc(OCc3ccccc3)cc2)c2ccccc21. The van der Waals surface area contributed by atoms with Gasteiger partial charge in [0.05, 0.1) is 36.6 Å². The topological polar surface area (TPSA) is 70.0 Å². The first-order valence-electron chi connectivity index (χ1n) is 14.1. The van der Waals surface area contributed by atoms with Crippen LogP contribution in [-0.2, 0) is 11.3 Å². The molecule has 0 spiro atoms. The monoisotopic (exact) mass is 582 g/mol. The Kier molecular flexibility index (Phi) is 8.10. The second kappa shape index (κ2) is 12.6. The smallest absolute Gasteiger partial charge is 0.339 e. The van der Waals surface area contributed by atoms with Crippen LogP contribution in [0.1, 0.15) is 26.3 Å². The van der Waals surface area contributed by atoms with Gasteiger partial charge in [-0.05, 0) is 60.2 Å². The van der Waals surface area contributed by atoms with Crippen molar-refractivity contribution in [1.82, 2.24) is 4.57 Å². The van der Waals surface area contributed by atoms with Crippen LogP contribution in [0.15, 0.2) is 134 Å². The lowest BCUT2D eigenvalue weighted by Gasteiger charge is -2.23. The molecule has 218 valence electrons. The van der Waals surface area contributed by atoms with Gasteiger partial charge in [-0.3, -0.25) is 9.69 Å². The number of carbonyl (C=O) groups excluding carboxylic acids is 2. The van der Waals surface area contributed by atoms with Crippen molar-refractivity contribution in [2.75, 3.05) is 19.1 Å². The number of amides is 1. The molecule has 0 bridgehead atoms. The fourth-order valence-corrected chi connectivity index (χ4v) is 5.18. The molecule has 0 aliphatic carbocycles. The highest BCUT2D eigenvalue weighted by Gasteiger charge is 2.26. The van der Waals surface area contributed by atoms with Crippen LogP contribution in [0.4, 0.5) is 11.4 Å². The molecular formula is C37H30N2O5. The Morgan fingerprint density at radius 3 is 2.02 bits per heavy atom. The van der Waals surface area contributed by atoms with Gasteiger partial charge in [0.15, 0.2) is 0 Å². The highest BCUT2D eigenvalue weighted by Crippen LogP contribution is 2.34. The quantitative estimate of drug-likeness (QED) is 0.162. The molecule has 7 heteroatoms. The molecule has 7 nitrogen and oxygen atoms in total. The molecule has 1 aromatic heterocycles. The molecule has 1 heterocycles. The number of anilines is 2. The fraction of sp³-hybridized carbons (Fsp3) is 0.0811. The van der Waals surface area contributed by atoms with Crippen molar-refractivity contribution in [1.29, 1.82) is 0 Å². The Morgan fingerprint density at radius 1 is 0.682 bits per heavy atom. The lowest BCUT2D eigenvalue weighted by atomic mass is 10.1. The van der Waals surface area contributed by atoms with E-state index in [9.17, 15) is 9.59 Å². The zero-order valence-corrected chi connectivity index (χ0v) is 24.3. The molecule has 0 aliphatic heterocycles. The summed E-state index contributed by atoms with van der Waals surface area (Å²) in [7, 11) is 2.91. The second-order valence-electron chi connectivity index (χ2n) is 10.0. The number of rotatable bonds is 9. The molecule has 0 radical (unpaired) electrons. The highest BCUT2D eigenvalue weighted by molar-refractivity contribution is 6.17. The Hall–Kier alpha value is -5.82. The summed E-state index contributed by atoms with van der Waals surface area (Å²) in [6.45, 7) is 0.443. The minimum Gasteiger partial charge on any atom is -0.497 e. The third kappa shape index (κ3) is 5.63.